The predicted molar refractivity (Wildman–Crippen MR) is 70.3 cm³/mol. The molecule has 0 atom stereocenters. The van der Waals surface area contributed by atoms with Gasteiger partial charge in [0.25, 0.3) is 0 Å². The molecule has 0 saturated heterocycles. The van der Waals surface area contributed by atoms with Gasteiger partial charge in [0.05, 0.1) is 0 Å². The van der Waals surface area contributed by atoms with Crippen LogP contribution < -0.4 is 11.1 Å². The summed E-state index contributed by atoms with van der Waals surface area (Å²) in [6, 6.07) is 10.5. The van der Waals surface area contributed by atoms with Crippen molar-refractivity contribution < 1.29 is 0 Å². The maximum atomic E-state index is 5.87. The summed E-state index contributed by atoms with van der Waals surface area (Å²) in [5.74, 6) is 0. The molecule has 16 heavy (non-hydrogen) atoms. The highest BCUT2D eigenvalue weighted by molar-refractivity contribution is 5.15. The molecule has 2 rings (SSSR count). The Morgan fingerprint density at radius 2 is 1.75 bits per heavy atom. The Balaban J connectivity index is 0.00000128. The van der Waals surface area contributed by atoms with Crippen LogP contribution in [0.2, 0.25) is 0 Å². The van der Waals surface area contributed by atoms with Crippen molar-refractivity contribution in [3.05, 3.63) is 35.9 Å². The highest BCUT2D eigenvalue weighted by Crippen LogP contribution is 2.28. The lowest BCUT2D eigenvalue weighted by molar-refractivity contribution is 0.339. The van der Waals surface area contributed by atoms with Gasteiger partial charge in [-0.05, 0) is 18.4 Å². The standard InChI is InChI=1S/C13H20N2.CH4/c14-11-13(8-4-5-9-13)15-10-12-6-2-1-3-7-12;/h1-3,6-7,15H,4-5,8-11,14H2;1H4. The Hall–Kier alpha value is -0.860. The molecule has 0 bridgehead atoms. The van der Waals surface area contributed by atoms with Gasteiger partial charge in [0.1, 0.15) is 0 Å². The SMILES string of the molecule is C.NCC1(NCc2ccccc2)CCCC1. The molecule has 2 nitrogen and oxygen atoms in total. The topological polar surface area (TPSA) is 38.0 Å². The lowest BCUT2D eigenvalue weighted by Gasteiger charge is -2.28. The molecule has 2 heteroatoms. The number of hydrogen-bond acceptors (Lipinski definition) is 2. The van der Waals surface area contributed by atoms with Crippen molar-refractivity contribution in [1.29, 1.82) is 0 Å². The molecule has 1 saturated carbocycles. The third-order valence-corrected chi connectivity index (χ3v) is 3.46. The summed E-state index contributed by atoms with van der Waals surface area (Å²) in [6.07, 6.45) is 5.10. The van der Waals surface area contributed by atoms with Crippen molar-refractivity contribution in [3.8, 4) is 0 Å². The average molecular weight is 220 g/mol. The summed E-state index contributed by atoms with van der Waals surface area (Å²) in [6.45, 7) is 1.71. The quantitative estimate of drug-likeness (QED) is 0.818. The van der Waals surface area contributed by atoms with E-state index in [1.54, 1.807) is 0 Å². The minimum Gasteiger partial charge on any atom is -0.329 e. The molecule has 0 unspecified atom stereocenters. The summed E-state index contributed by atoms with van der Waals surface area (Å²) < 4.78 is 0. The van der Waals surface area contributed by atoms with E-state index in [0.717, 1.165) is 13.1 Å². The first kappa shape index (κ1) is 13.2. The summed E-state index contributed by atoms with van der Waals surface area (Å²) in [7, 11) is 0. The molecule has 1 aliphatic carbocycles. The molecule has 0 amide bonds. The van der Waals surface area contributed by atoms with Crippen molar-refractivity contribution in [1.82, 2.24) is 5.32 Å². The van der Waals surface area contributed by atoms with E-state index in [2.05, 4.69) is 35.6 Å². The molecule has 0 aromatic heterocycles. The highest BCUT2D eigenvalue weighted by Gasteiger charge is 2.31. The molecule has 1 fully saturated rings. The van der Waals surface area contributed by atoms with Crippen molar-refractivity contribution in [2.45, 2.75) is 45.2 Å². The van der Waals surface area contributed by atoms with Gasteiger partial charge >= 0.3 is 0 Å². The number of hydrogen-bond donors (Lipinski definition) is 2. The van der Waals surface area contributed by atoms with Crippen molar-refractivity contribution in [2.75, 3.05) is 6.54 Å². The second-order valence-electron chi connectivity index (χ2n) is 4.53. The highest BCUT2D eigenvalue weighted by atomic mass is 15.0. The van der Waals surface area contributed by atoms with E-state index in [9.17, 15) is 0 Å². The molecule has 0 radical (unpaired) electrons. The van der Waals surface area contributed by atoms with E-state index in [4.69, 9.17) is 5.73 Å². The molecular weight excluding hydrogens is 196 g/mol. The van der Waals surface area contributed by atoms with Crippen molar-refractivity contribution in [3.63, 3.8) is 0 Å². The van der Waals surface area contributed by atoms with E-state index in [0.29, 0.717) is 0 Å². The van der Waals surface area contributed by atoms with E-state index in [-0.39, 0.29) is 13.0 Å². The number of nitrogens with one attached hydrogen (secondary N) is 1. The van der Waals surface area contributed by atoms with Crippen molar-refractivity contribution >= 4 is 0 Å². The van der Waals surface area contributed by atoms with Gasteiger partial charge in [-0.2, -0.15) is 0 Å². The molecule has 1 aromatic rings. The van der Waals surface area contributed by atoms with E-state index < -0.39 is 0 Å². The van der Waals surface area contributed by atoms with E-state index >= 15 is 0 Å². The van der Waals surface area contributed by atoms with Crippen LogP contribution in [0.1, 0.15) is 38.7 Å². The fourth-order valence-corrected chi connectivity index (χ4v) is 2.39. The molecular formula is C14H24N2. The van der Waals surface area contributed by atoms with E-state index in [1.165, 1.54) is 31.2 Å². The van der Waals surface area contributed by atoms with Crippen LogP contribution in [0.15, 0.2) is 30.3 Å². The Labute approximate surface area is 99.2 Å². The zero-order valence-corrected chi connectivity index (χ0v) is 9.21. The second kappa shape index (κ2) is 6.02. The van der Waals surface area contributed by atoms with Crippen LogP contribution in [0.5, 0.6) is 0 Å². The van der Waals surface area contributed by atoms with Crippen LogP contribution in [0.3, 0.4) is 0 Å². The van der Waals surface area contributed by atoms with Crippen LogP contribution in [-0.4, -0.2) is 12.1 Å². The first-order chi connectivity index (χ1) is 7.35. The monoisotopic (exact) mass is 220 g/mol. The van der Waals surface area contributed by atoms with Gasteiger partial charge in [-0.1, -0.05) is 50.6 Å². The molecule has 0 heterocycles. The van der Waals surface area contributed by atoms with Gasteiger partial charge in [0.2, 0.25) is 0 Å². The first-order valence-electron chi connectivity index (χ1n) is 5.84. The minimum absolute atomic E-state index is 0. The van der Waals surface area contributed by atoms with Crippen LogP contribution in [0, 0.1) is 0 Å². The van der Waals surface area contributed by atoms with Crippen LogP contribution >= 0.6 is 0 Å². The second-order valence-corrected chi connectivity index (χ2v) is 4.53. The van der Waals surface area contributed by atoms with Gasteiger partial charge in [0, 0.05) is 18.6 Å². The molecule has 3 N–H and O–H groups in total. The summed E-state index contributed by atoms with van der Waals surface area (Å²) in [4.78, 5) is 0. The smallest absolute Gasteiger partial charge is 0.0307 e. The number of rotatable bonds is 4. The fourth-order valence-electron chi connectivity index (χ4n) is 2.39. The van der Waals surface area contributed by atoms with Crippen LogP contribution in [0.25, 0.3) is 0 Å². The van der Waals surface area contributed by atoms with E-state index in [1.807, 2.05) is 0 Å². The zero-order chi connectivity index (χ0) is 10.6. The summed E-state index contributed by atoms with van der Waals surface area (Å²) in [5, 5.41) is 3.64. The maximum Gasteiger partial charge on any atom is 0.0307 e. The van der Waals surface area contributed by atoms with Gasteiger partial charge in [-0.25, -0.2) is 0 Å². The Morgan fingerprint density at radius 1 is 1.12 bits per heavy atom. The maximum absolute atomic E-state index is 5.87. The normalized spacial score (nSPS) is 18.1. The lowest BCUT2D eigenvalue weighted by Crippen LogP contribution is -2.48. The molecule has 1 aliphatic rings. The lowest BCUT2D eigenvalue weighted by atomic mass is 9.97. The van der Waals surface area contributed by atoms with Gasteiger partial charge in [-0.3, -0.25) is 0 Å². The number of nitrogens with two attached hydrogens (primary N) is 1. The third-order valence-electron chi connectivity index (χ3n) is 3.46. The van der Waals surface area contributed by atoms with Crippen molar-refractivity contribution in [2.24, 2.45) is 5.73 Å². The predicted octanol–water partition coefficient (Wildman–Crippen LogP) is 2.68. The molecule has 1 aromatic carbocycles. The number of benzene rings is 1. The summed E-state index contributed by atoms with van der Waals surface area (Å²) in [5.41, 5.74) is 7.43. The fraction of sp³-hybridized carbons (Fsp3) is 0.571. The van der Waals surface area contributed by atoms with Crippen LogP contribution in [0.4, 0.5) is 0 Å². The molecule has 0 spiro atoms. The summed E-state index contributed by atoms with van der Waals surface area (Å²) >= 11 is 0. The minimum atomic E-state index is 0. The van der Waals surface area contributed by atoms with Gasteiger partial charge < -0.3 is 11.1 Å². The Morgan fingerprint density at radius 3 is 2.31 bits per heavy atom. The molecule has 90 valence electrons. The third kappa shape index (κ3) is 3.06. The Kier molecular flexibility index (Phi) is 4.97. The van der Waals surface area contributed by atoms with Gasteiger partial charge in [0.15, 0.2) is 0 Å². The zero-order valence-electron chi connectivity index (χ0n) is 9.21. The largest absolute Gasteiger partial charge is 0.329 e. The van der Waals surface area contributed by atoms with Crippen LogP contribution in [-0.2, 0) is 6.54 Å². The van der Waals surface area contributed by atoms with Gasteiger partial charge in [-0.15, -0.1) is 0 Å². The Bertz CT molecular complexity index is 289. The molecule has 0 aliphatic heterocycles. The average Bonchev–Trinajstić information content (AvgIpc) is 2.77. The first-order valence-corrected chi connectivity index (χ1v) is 5.84.